The van der Waals surface area contributed by atoms with Gasteiger partial charge in [-0.25, -0.2) is 4.39 Å². The zero-order valence-corrected chi connectivity index (χ0v) is 10.3. The lowest BCUT2D eigenvalue weighted by Gasteiger charge is -2.06. The van der Waals surface area contributed by atoms with Gasteiger partial charge in [-0.1, -0.05) is 35.9 Å². The van der Waals surface area contributed by atoms with E-state index < -0.39 is 0 Å². The Morgan fingerprint density at radius 1 is 1.12 bits per heavy atom. The third kappa shape index (κ3) is 2.84. The average molecular weight is 250 g/mol. The Kier molecular flexibility index (Phi) is 3.77. The molecule has 0 bridgehead atoms. The van der Waals surface area contributed by atoms with Crippen molar-refractivity contribution in [3.63, 3.8) is 0 Å². The minimum Gasteiger partial charge on any atom is -0.316 e. The van der Waals surface area contributed by atoms with Gasteiger partial charge in [0.25, 0.3) is 0 Å². The molecule has 0 aliphatic rings. The van der Waals surface area contributed by atoms with Crippen molar-refractivity contribution in [2.24, 2.45) is 0 Å². The van der Waals surface area contributed by atoms with Crippen LogP contribution >= 0.6 is 11.6 Å². The van der Waals surface area contributed by atoms with E-state index in [0.717, 1.165) is 17.7 Å². The predicted octanol–water partition coefficient (Wildman–Crippen LogP) is 3.87. The lowest BCUT2D eigenvalue weighted by molar-refractivity contribution is 0.628. The molecule has 17 heavy (non-hydrogen) atoms. The number of halogens is 2. The summed E-state index contributed by atoms with van der Waals surface area (Å²) in [6.45, 7) is 0.808. The summed E-state index contributed by atoms with van der Waals surface area (Å²) in [5.74, 6) is -0.387. The van der Waals surface area contributed by atoms with Gasteiger partial charge in [0.15, 0.2) is 0 Å². The summed E-state index contributed by atoms with van der Waals surface area (Å²) >= 11 is 5.78. The number of hydrogen-bond donors (Lipinski definition) is 1. The van der Waals surface area contributed by atoms with Crippen molar-refractivity contribution in [2.75, 3.05) is 7.05 Å². The first-order valence-electron chi connectivity index (χ1n) is 5.39. The van der Waals surface area contributed by atoms with Crippen molar-refractivity contribution >= 4 is 11.6 Å². The largest absolute Gasteiger partial charge is 0.316 e. The van der Waals surface area contributed by atoms with Crippen LogP contribution in [0.1, 0.15) is 5.56 Å². The van der Waals surface area contributed by atoms with Crippen LogP contribution in [0, 0.1) is 5.82 Å². The van der Waals surface area contributed by atoms with Gasteiger partial charge in [-0.2, -0.15) is 0 Å². The summed E-state index contributed by atoms with van der Waals surface area (Å²) < 4.78 is 13.1. The van der Waals surface area contributed by atoms with Crippen LogP contribution in [0.4, 0.5) is 4.39 Å². The van der Waals surface area contributed by atoms with Crippen LogP contribution in [-0.4, -0.2) is 7.05 Å². The SMILES string of the molecule is CNCc1cccc(-c2ccc(F)c(Cl)c2)c1. The molecule has 3 heteroatoms. The Hall–Kier alpha value is -1.38. The molecule has 0 aliphatic heterocycles. The molecule has 0 aliphatic carbocycles. The first kappa shape index (κ1) is 12.1. The van der Waals surface area contributed by atoms with Crippen molar-refractivity contribution in [3.05, 3.63) is 58.9 Å². The highest BCUT2D eigenvalue weighted by molar-refractivity contribution is 6.31. The van der Waals surface area contributed by atoms with E-state index in [0.29, 0.717) is 0 Å². The highest BCUT2D eigenvalue weighted by Gasteiger charge is 2.03. The number of rotatable bonds is 3. The second kappa shape index (κ2) is 5.30. The van der Waals surface area contributed by atoms with Gasteiger partial charge in [-0.15, -0.1) is 0 Å². The summed E-state index contributed by atoms with van der Waals surface area (Å²) in [4.78, 5) is 0. The maximum absolute atomic E-state index is 13.1. The van der Waals surface area contributed by atoms with E-state index in [4.69, 9.17) is 11.6 Å². The van der Waals surface area contributed by atoms with Crippen LogP contribution in [-0.2, 0) is 6.54 Å². The first-order valence-corrected chi connectivity index (χ1v) is 5.77. The van der Waals surface area contributed by atoms with Crippen LogP contribution in [0.3, 0.4) is 0 Å². The van der Waals surface area contributed by atoms with Gasteiger partial charge in [-0.3, -0.25) is 0 Å². The molecule has 0 spiro atoms. The molecule has 1 nitrogen and oxygen atoms in total. The fourth-order valence-electron chi connectivity index (χ4n) is 1.74. The van der Waals surface area contributed by atoms with E-state index in [-0.39, 0.29) is 10.8 Å². The molecule has 0 unspecified atom stereocenters. The van der Waals surface area contributed by atoms with Gasteiger partial charge < -0.3 is 5.32 Å². The van der Waals surface area contributed by atoms with Crippen LogP contribution in [0.25, 0.3) is 11.1 Å². The lowest BCUT2D eigenvalue weighted by Crippen LogP contribution is -2.04. The Labute approximate surface area is 105 Å². The second-order valence-corrected chi connectivity index (χ2v) is 4.27. The van der Waals surface area contributed by atoms with Gasteiger partial charge in [0.05, 0.1) is 5.02 Å². The van der Waals surface area contributed by atoms with Crippen LogP contribution in [0.2, 0.25) is 5.02 Å². The summed E-state index contributed by atoms with van der Waals surface area (Å²) in [7, 11) is 1.90. The molecule has 0 fully saturated rings. The van der Waals surface area contributed by atoms with Crippen LogP contribution in [0.15, 0.2) is 42.5 Å². The number of benzene rings is 2. The topological polar surface area (TPSA) is 12.0 Å². The van der Waals surface area contributed by atoms with E-state index >= 15 is 0 Å². The summed E-state index contributed by atoms with van der Waals surface area (Å²) in [6, 6.07) is 12.9. The van der Waals surface area contributed by atoms with E-state index in [1.165, 1.54) is 11.6 Å². The molecule has 0 atom stereocenters. The number of hydrogen-bond acceptors (Lipinski definition) is 1. The number of nitrogens with one attached hydrogen (secondary N) is 1. The van der Waals surface area contributed by atoms with Crippen molar-refractivity contribution in [3.8, 4) is 11.1 Å². The highest BCUT2D eigenvalue weighted by Crippen LogP contribution is 2.25. The molecule has 0 radical (unpaired) electrons. The first-order chi connectivity index (χ1) is 8.20. The molecule has 0 heterocycles. The minimum absolute atomic E-state index is 0.154. The Balaban J connectivity index is 2.38. The molecule has 2 aromatic rings. The Bertz CT molecular complexity index is 525. The monoisotopic (exact) mass is 249 g/mol. The van der Waals surface area contributed by atoms with E-state index in [1.807, 2.05) is 25.2 Å². The van der Waals surface area contributed by atoms with E-state index in [2.05, 4.69) is 11.4 Å². The van der Waals surface area contributed by atoms with Gasteiger partial charge in [0, 0.05) is 6.54 Å². The molecule has 2 rings (SSSR count). The Morgan fingerprint density at radius 3 is 2.59 bits per heavy atom. The maximum atomic E-state index is 13.1. The van der Waals surface area contributed by atoms with E-state index in [1.54, 1.807) is 12.1 Å². The van der Waals surface area contributed by atoms with Gasteiger partial charge >= 0.3 is 0 Å². The summed E-state index contributed by atoms with van der Waals surface area (Å²) in [6.07, 6.45) is 0. The predicted molar refractivity (Wildman–Crippen MR) is 69.6 cm³/mol. The third-order valence-corrected chi connectivity index (χ3v) is 2.85. The highest BCUT2D eigenvalue weighted by atomic mass is 35.5. The average Bonchev–Trinajstić information content (AvgIpc) is 2.33. The fourth-order valence-corrected chi connectivity index (χ4v) is 1.92. The van der Waals surface area contributed by atoms with E-state index in [9.17, 15) is 4.39 Å². The summed E-state index contributed by atoms with van der Waals surface area (Å²) in [5, 5.41) is 3.25. The van der Waals surface area contributed by atoms with Crippen molar-refractivity contribution < 1.29 is 4.39 Å². The van der Waals surface area contributed by atoms with Crippen LogP contribution < -0.4 is 5.32 Å². The molecule has 2 aromatic carbocycles. The molecule has 1 N–H and O–H groups in total. The zero-order chi connectivity index (χ0) is 12.3. The fraction of sp³-hybridized carbons (Fsp3) is 0.143. The van der Waals surface area contributed by atoms with Gasteiger partial charge in [-0.05, 0) is 41.9 Å². The smallest absolute Gasteiger partial charge is 0.141 e. The van der Waals surface area contributed by atoms with Gasteiger partial charge in [0.2, 0.25) is 0 Å². The van der Waals surface area contributed by atoms with Crippen LogP contribution in [0.5, 0.6) is 0 Å². The molecule has 88 valence electrons. The molecule has 0 amide bonds. The minimum atomic E-state index is -0.387. The molecule has 0 aromatic heterocycles. The maximum Gasteiger partial charge on any atom is 0.141 e. The molecular formula is C14H13ClFN. The van der Waals surface area contributed by atoms with Crippen molar-refractivity contribution in [1.29, 1.82) is 0 Å². The normalized spacial score (nSPS) is 10.5. The quantitative estimate of drug-likeness (QED) is 0.871. The molecule has 0 saturated heterocycles. The third-order valence-electron chi connectivity index (χ3n) is 2.56. The zero-order valence-electron chi connectivity index (χ0n) is 9.50. The molecular weight excluding hydrogens is 237 g/mol. The van der Waals surface area contributed by atoms with Crippen molar-refractivity contribution in [1.82, 2.24) is 5.32 Å². The van der Waals surface area contributed by atoms with Gasteiger partial charge in [0.1, 0.15) is 5.82 Å². The molecule has 0 saturated carbocycles. The lowest BCUT2D eigenvalue weighted by atomic mass is 10.0. The second-order valence-electron chi connectivity index (χ2n) is 3.86. The standard InChI is InChI=1S/C14H13ClFN/c1-17-9-10-3-2-4-11(7-10)12-5-6-14(16)13(15)8-12/h2-8,17H,9H2,1H3. The summed E-state index contributed by atoms with van der Waals surface area (Å²) in [5.41, 5.74) is 3.15. The Morgan fingerprint density at radius 2 is 1.88 bits per heavy atom. The van der Waals surface area contributed by atoms with Crippen molar-refractivity contribution in [2.45, 2.75) is 6.54 Å².